The summed E-state index contributed by atoms with van der Waals surface area (Å²) in [5, 5.41) is 0. The minimum absolute atomic E-state index is 0.116. The predicted octanol–water partition coefficient (Wildman–Crippen LogP) is 2.16. The fourth-order valence-electron chi connectivity index (χ4n) is 2.24. The predicted molar refractivity (Wildman–Crippen MR) is 49.5 cm³/mol. The quantitative estimate of drug-likeness (QED) is 0.656. The van der Waals surface area contributed by atoms with Gasteiger partial charge in [-0.2, -0.15) is 0 Å². The molecule has 1 amide bonds. The Morgan fingerprint density at radius 2 is 1.69 bits per heavy atom. The molecule has 0 aromatic heterocycles. The molecule has 2 fully saturated rings. The summed E-state index contributed by atoms with van der Waals surface area (Å²) in [4.78, 5) is 13.5. The van der Waals surface area contributed by atoms with Crippen molar-refractivity contribution >= 4 is 6.09 Å². The molecule has 3 heteroatoms. The summed E-state index contributed by atoms with van der Waals surface area (Å²) in [7, 11) is 1.48. The van der Waals surface area contributed by atoms with Crippen molar-refractivity contribution in [1.82, 2.24) is 4.90 Å². The van der Waals surface area contributed by atoms with Crippen molar-refractivity contribution < 1.29 is 9.53 Å². The lowest BCUT2D eigenvalue weighted by molar-refractivity contribution is 0.102. The maximum atomic E-state index is 11.5. The van der Waals surface area contributed by atoms with Crippen LogP contribution in [0.1, 0.15) is 38.5 Å². The summed E-state index contributed by atoms with van der Waals surface area (Å²) in [6.45, 7) is 0. The van der Waals surface area contributed by atoms with E-state index in [1.807, 2.05) is 4.90 Å². The van der Waals surface area contributed by atoms with Gasteiger partial charge in [0.15, 0.2) is 0 Å². The van der Waals surface area contributed by atoms with Gasteiger partial charge in [0.1, 0.15) is 0 Å². The molecule has 2 rings (SSSR count). The molecule has 2 aliphatic rings. The van der Waals surface area contributed by atoms with Crippen molar-refractivity contribution in [3.05, 3.63) is 0 Å². The number of methoxy groups -OCH3 is 1. The Balaban J connectivity index is 1.99. The van der Waals surface area contributed by atoms with E-state index < -0.39 is 0 Å². The average molecular weight is 183 g/mol. The van der Waals surface area contributed by atoms with Gasteiger partial charge in [-0.25, -0.2) is 4.79 Å². The third kappa shape index (κ3) is 1.79. The number of hydrogen-bond acceptors (Lipinski definition) is 2. The molecule has 0 radical (unpaired) electrons. The van der Waals surface area contributed by atoms with E-state index in [-0.39, 0.29) is 6.09 Å². The van der Waals surface area contributed by atoms with Gasteiger partial charge in [0, 0.05) is 12.1 Å². The smallest absolute Gasteiger partial charge is 0.409 e. The Morgan fingerprint density at radius 1 is 1.15 bits per heavy atom. The Bertz CT molecular complexity index is 195. The zero-order valence-corrected chi connectivity index (χ0v) is 8.16. The first kappa shape index (κ1) is 8.85. The normalized spacial score (nSPS) is 23.2. The van der Waals surface area contributed by atoms with Crippen LogP contribution in [-0.2, 0) is 4.74 Å². The van der Waals surface area contributed by atoms with Crippen LogP contribution in [-0.4, -0.2) is 30.2 Å². The number of nitrogens with zero attached hydrogens (tertiary/aromatic N) is 1. The maximum absolute atomic E-state index is 11.5. The van der Waals surface area contributed by atoms with Gasteiger partial charge in [-0.1, -0.05) is 12.8 Å². The highest BCUT2D eigenvalue weighted by atomic mass is 16.5. The average Bonchev–Trinajstić information content (AvgIpc) is 2.81. The van der Waals surface area contributed by atoms with Crippen molar-refractivity contribution in [1.29, 1.82) is 0 Å². The van der Waals surface area contributed by atoms with E-state index >= 15 is 0 Å². The van der Waals surface area contributed by atoms with Crippen molar-refractivity contribution in [3.63, 3.8) is 0 Å². The zero-order valence-electron chi connectivity index (χ0n) is 8.16. The van der Waals surface area contributed by atoms with Gasteiger partial charge in [0.05, 0.1) is 7.11 Å². The minimum atomic E-state index is -0.116. The molecule has 0 spiro atoms. The van der Waals surface area contributed by atoms with Crippen LogP contribution in [0, 0.1) is 0 Å². The summed E-state index contributed by atoms with van der Waals surface area (Å²) in [6, 6.07) is 0.968. The molecule has 0 unspecified atom stereocenters. The maximum Gasteiger partial charge on any atom is 0.409 e. The number of carbonyl (C=O) groups is 1. The Labute approximate surface area is 79.0 Å². The van der Waals surface area contributed by atoms with Crippen molar-refractivity contribution in [2.75, 3.05) is 7.11 Å². The molecule has 0 aromatic rings. The van der Waals surface area contributed by atoms with Crippen LogP contribution in [0.3, 0.4) is 0 Å². The van der Waals surface area contributed by atoms with E-state index in [9.17, 15) is 4.79 Å². The zero-order chi connectivity index (χ0) is 9.26. The van der Waals surface area contributed by atoms with Crippen LogP contribution >= 0.6 is 0 Å². The van der Waals surface area contributed by atoms with Crippen molar-refractivity contribution in [2.24, 2.45) is 0 Å². The molecule has 0 aliphatic heterocycles. The van der Waals surface area contributed by atoms with E-state index in [1.165, 1.54) is 45.6 Å². The second-order valence-corrected chi connectivity index (χ2v) is 4.05. The molecule has 13 heavy (non-hydrogen) atoms. The van der Waals surface area contributed by atoms with Crippen LogP contribution in [0.5, 0.6) is 0 Å². The number of ether oxygens (including phenoxy) is 1. The molecular formula is C10H17NO2. The molecule has 0 atom stereocenters. The van der Waals surface area contributed by atoms with Crippen LogP contribution in [0.25, 0.3) is 0 Å². The first-order valence-electron chi connectivity index (χ1n) is 5.19. The summed E-state index contributed by atoms with van der Waals surface area (Å²) in [6.07, 6.45) is 7.11. The molecular weight excluding hydrogens is 166 g/mol. The highest BCUT2D eigenvalue weighted by Gasteiger charge is 2.38. The standard InChI is InChI=1S/C10H17NO2/c1-13-10(12)11(9-6-7-9)8-4-2-3-5-8/h8-9H,2-7H2,1H3. The molecule has 0 saturated heterocycles. The van der Waals surface area contributed by atoms with Crippen LogP contribution in [0.15, 0.2) is 0 Å². The fourth-order valence-corrected chi connectivity index (χ4v) is 2.24. The lowest BCUT2D eigenvalue weighted by Gasteiger charge is -2.27. The summed E-state index contributed by atoms with van der Waals surface area (Å²) in [5.41, 5.74) is 0. The summed E-state index contributed by atoms with van der Waals surface area (Å²) in [5.74, 6) is 0. The molecule has 2 saturated carbocycles. The lowest BCUT2D eigenvalue weighted by Crippen LogP contribution is -2.40. The molecule has 0 heterocycles. The number of amides is 1. The van der Waals surface area contributed by atoms with Gasteiger partial charge in [-0.15, -0.1) is 0 Å². The topological polar surface area (TPSA) is 29.5 Å². The lowest BCUT2D eigenvalue weighted by atomic mass is 10.2. The van der Waals surface area contributed by atoms with E-state index in [2.05, 4.69) is 0 Å². The first-order chi connectivity index (χ1) is 6.33. The summed E-state index contributed by atoms with van der Waals surface area (Å²) < 4.78 is 4.81. The Hall–Kier alpha value is -0.730. The Morgan fingerprint density at radius 3 is 2.15 bits per heavy atom. The molecule has 3 nitrogen and oxygen atoms in total. The summed E-state index contributed by atoms with van der Waals surface area (Å²) >= 11 is 0. The SMILES string of the molecule is COC(=O)N(C1CCCC1)C1CC1. The number of hydrogen-bond donors (Lipinski definition) is 0. The van der Waals surface area contributed by atoms with Gasteiger partial charge in [0.2, 0.25) is 0 Å². The minimum Gasteiger partial charge on any atom is -0.453 e. The highest BCUT2D eigenvalue weighted by Crippen LogP contribution is 2.34. The third-order valence-corrected chi connectivity index (χ3v) is 3.04. The van der Waals surface area contributed by atoms with Gasteiger partial charge in [-0.05, 0) is 25.7 Å². The molecule has 74 valence electrons. The van der Waals surface area contributed by atoms with Gasteiger partial charge in [0.25, 0.3) is 0 Å². The fraction of sp³-hybridized carbons (Fsp3) is 0.900. The largest absolute Gasteiger partial charge is 0.453 e. The third-order valence-electron chi connectivity index (χ3n) is 3.04. The van der Waals surface area contributed by atoms with Gasteiger partial charge in [-0.3, -0.25) is 0 Å². The molecule has 0 bridgehead atoms. The van der Waals surface area contributed by atoms with Crippen LogP contribution in [0.2, 0.25) is 0 Å². The monoisotopic (exact) mass is 183 g/mol. The molecule has 0 aromatic carbocycles. The van der Waals surface area contributed by atoms with E-state index in [0.29, 0.717) is 12.1 Å². The van der Waals surface area contributed by atoms with Crippen LogP contribution in [0.4, 0.5) is 4.79 Å². The van der Waals surface area contributed by atoms with Crippen molar-refractivity contribution in [2.45, 2.75) is 50.6 Å². The van der Waals surface area contributed by atoms with Gasteiger partial charge < -0.3 is 9.64 Å². The molecule has 2 aliphatic carbocycles. The van der Waals surface area contributed by atoms with E-state index in [4.69, 9.17) is 4.74 Å². The second-order valence-electron chi connectivity index (χ2n) is 4.05. The number of rotatable bonds is 2. The van der Waals surface area contributed by atoms with E-state index in [1.54, 1.807) is 0 Å². The number of carbonyl (C=O) groups excluding carboxylic acids is 1. The van der Waals surface area contributed by atoms with Crippen LogP contribution < -0.4 is 0 Å². The Kier molecular flexibility index (Phi) is 2.42. The van der Waals surface area contributed by atoms with E-state index in [0.717, 1.165) is 0 Å². The van der Waals surface area contributed by atoms with Gasteiger partial charge >= 0.3 is 6.09 Å². The van der Waals surface area contributed by atoms with Crippen molar-refractivity contribution in [3.8, 4) is 0 Å². The first-order valence-corrected chi connectivity index (χ1v) is 5.19. The molecule has 0 N–H and O–H groups in total. The second kappa shape index (κ2) is 3.56. The highest BCUT2D eigenvalue weighted by molar-refractivity contribution is 5.68.